The summed E-state index contributed by atoms with van der Waals surface area (Å²) < 4.78 is 10.9. The van der Waals surface area contributed by atoms with Crippen molar-refractivity contribution < 1.29 is 14.3 Å². The third-order valence-electron chi connectivity index (χ3n) is 4.37. The summed E-state index contributed by atoms with van der Waals surface area (Å²) in [4.78, 5) is 18.5. The van der Waals surface area contributed by atoms with Crippen LogP contribution in [0.2, 0.25) is 0 Å². The molecule has 0 radical (unpaired) electrons. The van der Waals surface area contributed by atoms with Crippen molar-refractivity contribution >= 4 is 41.5 Å². The summed E-state index contributed by atoms with van der Waals surface area (Å²) in [7, 11) is 1.69. The number of benzene rings is 1. The average molecular weight is 504 g/mol. The number of aliphatic imine (C=N–C) groups is 1. The van der Waals surface area contributed by atoms with Crippen LogP contribution < -0.4 is 15.5 Å². The van der Waals surface area contributed by atoms with Gasteiger partial charge < -0.3 is 25.0 Å². The van der Waals surface area contributed by atoms with Gasteiger partial charge in [-0.15, -0.1) is 24.0 Å². The first kappa shape index (κ1) is 24.6. The summed E-state index contributed by atoms with van der Waals surface area (Å²) in [6, 6.07) is 8.05. The Bertz CT molecular complexity index is 613. The number of para-hydroxylation sites is 1. The van der Waals surface area contributed by atoms with Crippen LogP contribution in [0.4, 0.5) is 5.69 Å². The van der Waals surface area contributed by atoms with E-state index in [1.54, 1.807) is 7.05 Å². The van der Waals surface area contributed by atoms with Gasteiger partial charge in [0.2, 0.25) is 5.91 Å². The first-order valence-corrected chi connectivity index (χ1v) is 9.74. The molecule has 0 atom stereocenters. The Morgan fingerprint density at radius 1 is 1.14 bits per heavy atom. The van der Waals surface area contributed by atoms with Crippen molar-refractivity contribution in [3.05, 3.63) is 29.8 Å². The van der Waals surface area contributed by atoms with Crippen LogP contribution in [0.3, 0.4) is 0 Å². The minimum Gasteiger partial charge on any atom is -0.379 e. The summed E-state index contributed by atoms with van der Waals surface area (Å²) in [6.45, 7) is 6.28. The molecular weight excluding hydrogens is 471 g/mol. The smallest absolute Gasteiger partial charge is 0.246 e. The summed E-state index contributed by atoms with van der Waals surface area (Å²) in [5.41, 5.74) is 2.24. The topological polar surface area (TPSA) is 75.2 Å². The van der Waals surface area contributed by atoms with Gasteiger partial charge in [-0.2, -0.15) is 0 Å². The van der Waals surface area contributed by atoms with Crippen molar-refractivity contribution in [2.24, 2.45) is 4.99 Å². The second-order valence-corrected chi connectivity index (χ2v) is 6.35. The van der Waals surface area contributed by atoms with Crippen molar-refractivity contribution in [2.75, 3.05) is 58.0 Å². The number of anilines is 1. The molecule has 0 saturated carbocycles. The highest BCUT2D eigenvalue weighted by Crippen LogP contribution is 2.27. The Kier molecular flexibility index (Phi) is 12.8. The number of nitrogens with zero attached hydrogens (tertiary/aromatic N) is 2. The predicted molar refractivity (Wildman–Crippen MR) is 124 cm³/mol. The fraction of sp³-hybridized carbons (Fsp3) is 0.600. The minimum absolute atomic E-state index is 0. The van der Waals surface area contributed by atoms with Crippen LogP contribution in [0.25, 0.3) is 0 Å². The van der Waals surface area contributed by atoms with E-state index in [0.29, 0.717) is 32.3 Å². The molecule has 0 spiro atoms. The number of unbranched alkanes of at least 4 members (excludes halogenated alkanes) is 1. The Morgan fingerprint density at radius 3 is 2.64 bits per heavy atom. The monoisotopic (exact) mass is 504 g/mol. The lowest BCUT2D eigenvalue weighted by atomic mass is 10.2. The third-order valence-corrected chi connectivity index (χ3v) is 4.37. The fourth-order valence-corrected chi connectivity index (χ4v) is 2.88. The second-order valence-electron chi connectivity index (χ2n) is 6.35. The number of carbonyl (C=O) groups excluding carboxylic acids is 1. The van der Waals surface area contributed by atoms with Gasteiger partial charge in [0.25, 0.3) is 0 Å². The zero-order valence-electron chi connectivity index (χ0n) is 16.9. The van der Waals surface area contributed by atoms with Gasteiger partial charge in [0.05, 0.1) is 26.4 Å². The normalized spacial score (nSPS) is 13.1. The molecule has 1 heterocycles. The molecule has 0 saturated heterocycles. The van der Waals surface area contributed by atoms with Gasteiger partial charge in [0.1, 0.15) is 0 Å². The summed E-state index contributed by atoms with van der Waals surface area (Å²) in [5.74, 6) is 0.641. The fourth-order valence-electron chi connectivity index (χ4n) is 2.88. The molecule has 1 aliphatic heterocycles. The van der Waals surface area contributed by atoms with Gasteiger partial charge in [-0.05, 0) is 24.5 Å². The molecule has 0 unspecified atom stereocenters. The average Bonchev–Trinajstić information content (AvgIpc) is 3.13. The molecule has 1 aromatic carbocycles. The number of nitrogens with one attached hydrogen (secondary N) is 2. The zero-order chi connectivity index (χ0) is 19.3. The largest absolute Gasteiger partial charge is 0.379 e. The number of hydrogen-bond acceptors (Lipinski definition) is 4. The molecule has 28 heavy (non-hydrogen) atoms. The molecule has 0 aromatic heterocycles. The SMILES string of the molecule is CCCCOCCOCCNC(=NC)NCC(=O)N1CCc2ccccc21.I. The van der Waals surface area contributed by atoms with Crippen molar-refractivity contribution in [1.82, 2.24) is 10.6 Å². The van der Waals surface area contributed by atoms with Crippen molar-refractivity contribution in [3.8, 4) is 0 Å². The van der Waals surface area contributed by atoms with Crippen molar-refractivity contribution in [1.29, 1.82) is 0 Å². The predicted octanol–water partition coefficient (Wildman–Crippen LogP) is 2.19. The van der Waals surface area contributed by atoms with E-state index in [-0.39, 0.29) is 36.4 Å². The van der Waals surface area contributed by atoms with Crippen molar-refractivity contribution in [3.63, 3.8) is 0 Å². The molecule has 2 N–H and O–H groups in total. The molecule has 1 aromatic rings. The van der Waals surface area contributed by atoms with E-state index in [4.69, 9.17) is 9.47 Å². The number of fused-ring (bicyclic) bond motifs is 1. The van der Waals surface area contributed by atoms with E-state index < -0.39 is 0 Å². The van der Waals surface area contributed by atoms with E-state index >= 15 is 0 Å². The number of ether oxygens (including phenoxy) is 2. The Hall–Kier alpha value is -1.39. The Morgan fingerprint density at radius 2 is 1.89 bits per heavy atom. The Labute approximate surface area is 185 Å². The van der Waals surface area contributed by atoms with Crippen LogP contribution in [0.15, 0.2) is 29.3 Å². The molecule has 7 nitrogen and oxygen atoms in total. The molecule has 0 fully saturated rings. The molecule has 0 aliphatic carbocycles. The minimum atomic E-state index is 0. The van der Waals surface area contributed by atoms with Crippen LogP contribution in [-0.4, -0.2) is 65.0 Å². The standard InChI is InChI=1S/C20H32N4O3.HI/c1-3-4-12-26-14-15-27-13-10-22-20(21-2)23-16-19(25)24-11-9-17-7-5-6-8-18(17)24;/h5-8H,3-4,9-16H2,1-2H3,(H2,21,22,23);1H. The van der Waals surface area contributed by atoms with Crippen molar-refractivity contribution in [2.45, 2.75) is 26.2 Å². The number of guanidine groups is 1. The lowest BCUT2D eigenvalue weighted by molar-refractivity contribution is -0.117. The number of hydrogen-bond donors (Lipinski definition) is 2. The molecule has 158 valence electrons. The molecule has 1 aliphatic rings. The summed E-state index contributed by atoms with van der Waals surface area (Å²) in [6.07, 6.45) is 3.14. The maximum Gasteiger partial charge on any atom is 0.246 e. The van der Waals surface area contributed by atoms with Gasteiger partial charge in [-0.1, -0.05) is 31.5 Å². The van der Waals surface area contributed by atoms with E-state index in [9.17, 15) is 4.79 Å². The molecule has 8 heteroatoms. The summed E-state index contributed by atoms with van der Waals surface area (Å²) >= 11 is 0. The summed E-state index contributed by atoms with van der Waals surface area (Å²) in [5, 5.41) is 6.22. The third kappa shape index (κ3) is 8.32. The van der Waals surface area contributed by atoms with E-state index in [2.05, 4.69) is 28.6 Å². The number of halogens is 1. The molecule has 0 bridgehead atoms. The van der Waals surface area contributed by atoms with Gasteiger partial charge in [0.15, 0.2) is 5.96 Å². The lowest BCUT2D eigenvalue weighted by Crippen LogP contribution is -2.45. The number of rotatable bonds is 11. The zero-order valence-corrected chi connectivity index (χ0v) is 19.2. The van der Waals surface area contributed by atoms with Gasteiger partial charge >= 0.3 is 0 Å². The first-order chi connectivity index (χ1) is 13.3. The van der Waals surface area contributed by atoms with Crippen LogP contribution >= 0.6 is 24.0 Å². The van der Waals surface area contributed by atoms with Crippen LogP contribution in [0.5, 0.6) is 0 Å². The lowest BCUT2D eigenvalue weighted by Gasteiger charge is -2.18. The Balaban J connectivity index is 0.00000392. The van der Waals surface area contributed by atoms with Gasteiger partial charge in [-0.25, -0.2) is 0 Å². The van der Waals surface area contributed by atoms with Crippen LogP contribution in [-0.2, 0) is 20.7 Å². The van der Waals surface area contributed by atoms with Gasteiger partial charge in [0, 0.05) is 32.4 Å². The number of amides is 1. The van der Waals surface area contributed by atoms with E-state index in [1.165, 1.54) is 5.56 Å². The molecular formula is C20H33IN4O3. The maximum atomic E-state index is 12.5. The highest BCUT2D eigenvalue weighted by atomic mass is 127. The highest BCUT2D eigenvalue weighted by molar-refractivity contribution is 14.0. The van der Waals surface area contributed by atoms with Crippen LogP contribution in [0.1, 0.15) is 25.3 Å². The first-order valence-electron chi connectivity index (χ1n) is 9.74. The highest BCUT2D eigenvalue weighted by Gasteiger charge is 2.23. The van der Waals surface area contributed by atoms with Crippen LogP contribution in [0, 0.1) is 0 Å². The number of carbonyl (C=O) groups is 1. The van der Waals surface area contributed by atoms with Gasteiger partial charge in [-0.3, -0.25) is 9.79 Å². The quantitative estimate of drug-likeness (QED) is 0.209. The maximum absolute atomic E-state index is 12.5. The van der Waals surface area contributed by atoms with E-state index in [1.807, 2.05) is 23.1 Å². The molecule has 1 amide bonds. The second kappa shape index (κ2) is 14.6. The van der Waals surface area contributed by atoms with E-state index in [0.717, 1.165) is 38.1 Å². The molecule has 2 rings (SSSR count).